The van der Waals surface area contributed by atoms with Gasteiger partial charge in [-0.2, -0.15) is 0 Å². The van der Waals surface area contributed by atoms with Crippen molar-refractivity contribution in [3.05, 3.63) is 30.3 Å². The van der Waals surface area contributed by atoms with Crippen LogP contribution in [0.5, 0.6) is 5.75 Å². The molecule has 0 saturated heterocycles. The summed E-state index contributed by atoms with van der Waals surface area (Å²) in [6.45, 7) is 4.35. The first kappa shape index (κ1) is 23.5. The van der Waals surface area contributed by atoms with Crippen LogP contribution in [0.4, 0.5) is 0 Å². The third-order valence-electron chi connectivity index (χ3n) is 4.84. The Hall–Kier alpha value is -1.55. The molecule has 0 spiro atoms. The Morgan fingerprint density at radius 3 is 1.85 bits per heavy atom. The summed E-state index contributed by atoms with van der Waals surface area (Å²) in [5.41, 5.74) is 0. The van der Waals surface area contributed by atoms with Crippen LogP contribution < -0.4 is 4.74 Å². The second-order valence-corrected chi connectivity index (χ2v) is 7.19. The molecule has 1 atom stereocenters. The highest BCUT2D eigenvalue weighted by atomic mass is 16.7. The second-order valence-electron chi connectivity index (χ2n) is 7.19. The maximum absolute atomic E-state index is 11.9. The molecule has 0 bridgehead atoms. The third kappa shape index (κ3) is 9.81. The molecule has 0 radical (unpaired) electrons. The first-order valence-electron chi connectivity index (χ1n) is 10.8. The second kappa shape index (κ2) is 14.5. The molecule has 0 aliphatic carbocycles. The molecule has 0 heterocycles. The summed E-state index contributed by atoms with van der Waals surface area (Å²) < 4.78 is 11.3. The van der Waals surface area contributed by atoms with E-state index in [0.717, 1.165) is 19.3 Å². The maximum Gasteiger partial charge on any atom is 0.377 e. The fourth-order valence-electron chi connectivity index (χ4n) is 3.30. The van der Waals surface area contributed by atoms with E-state index in [2.05, 4.69) is 6.92 Å². The van der Waals surface area contributed by atoms with Crippen LogP contribution in [0.2, 0.25) is 0 Å². The normalized spacial score (nSPS) is 13.3. The number of carboxylic acid groups (broad SMARTS) is 1. The van der Waals surface area contributed by atoms with Crippen LogP contribution in [0.1, 0.15) is 90.9 Å². The number of hydrogen-bond acceptors (Lipinski definition) is 3. The van der Waals surface area contributed by atoms with Crippen molar-refractivity contribution in [3.63, 3.8) is 0 Å². The Bertz CT molecular complexity index is 488. The predicted molar refractivity (Wildman–Crippen MR) is 110 cm³/mol. The molecule has 0 aliphatic heterocycles. The Labute approximate surface area is 165 Å². The lowest BCUT2D eigenvalue weighted by atomic mass is 10.0. The lowest BCUT2D eigenvalue weighted by molar-refractivity contribution is -0.213. The van der Waals surface area contributed by atoms with Gasteiger partial charge in [-0.15, -0.1) is 0 Å². The number of para-hydroxylation sites is 1. The van der Waals surface area contributed by atoms with Crippen LogP contribution >= 0.6 is 0 Å². The Kier molecular flexibility index (Phi) is 12.6. The van der Waals surface area contributed by atoms with Gasteiger partial charge in [-0.05, 0) is 25.5 Å². The van der Waals surface area contributed by atoms with Gasteiger partial charge in [0.25, 0.3) is 0 Å². The molecular weight excluding hydrogens is 340 g/mol. The number of aliphatic carboxylic acids is 1. The standard InChI is InChI=1S/C23H38O4/c1-3-5-6-7-8-9-10-11-12-13-17-20-23(22(24)25,26-4-2)27-21-18-15-14-16-19-21/h14-16,18-19H,3-13,17,20H2,1-2H3,(H,24,25). The minimum absolute atomic E-state index is 0.303. The smallest absolute Gasteiger partial charge is 0.377 e. The quantitative estimate of drug-likeness (QED) is 0.245. The van der Waals surface area contributed by atoms with Crippen molar-refractivity contribution in [2.24, 2.45) is 0 Å². The summed E-state index contributed by atoms with van der Waals surface area (Å²) >= 11 is 0. The zero-order chi connectivity index (χ0) is 19.8. The summed E-state index contributed by atoms with van der Waals surface area (Å²) in [5.74, 6) is -2.12. The van der Waals surface area contributed by atoms with Crippen LogP contribution in [-0.2, 0) is 9.53 Å². The fourth-order valence-corrected chi connectivity index (χ4v) is 3.30. The van der Waals surface area contributed by atoms with Crippen LogP contribution in [0.15, 0.2) is 30.3 Å². The van der Waals surface area contributed by atoms with Crippen molar-refractivity contribution in [1.82, 2.24) is 0 Å². The Morgan fingerprint density at radius 2 is 1.37 bits per heavy atom. The number of carboxylic acids is 1. The van der Waals surface area contributed by atoms with Crippen LogP contribution in [0, 0.1) is 0 Å². The lowest BCUT2D eigenvalue weighted by Gasteiger charge is -2.30. The third-order valence-corrected chi connectivity index (χ3v) is 4.84. The summed E-state index contributed by atoms with van der Waals surface area (Å²) in [4.78, 5) is 11.9. The van der Waals surface area contributed by atoms with Gasteiger partial charge in [-0.25, -0.2) is 4.79 Å². The fraction of sp³-hybridized carbons (Fsp3) is 0.696. The number of unbranched alkanes of at least 4 members (excludes halogenated alkanes) is 10. The first-order valence-corrected chi connectivity index (χ1v) is 10.8. The monoisotopic (exact) mass is 378 g/mol. The van der Waals surface area contributed by atoms with Gasteiger partial charge in [0.2, 0.25) is 0 Å². The zero-order valence-corrected chi connectivity index (χ0v) is 17.3. The topological polar surface area (TPSA) is 55.8 Å². The van der Waals surface area contributed by atoms with Gasteiger partial charge < -0.3 is 14.6 Å². The van der Waals surface area contributed by atoms with Gasteiger partial charge in [0.1, 0.15) is 5.75 Å². The number of ether oxygens (including phenoxy) is 2. The highest BCUT2D eigenvalue weighted by Crippen LogP contribution is 2.26. The molecule has 1 aromatic rings. The molecule has 0 aliphatic rings. The summed E-state index contributed by atoms with van der Waals surface area (Å²) in [6.07, 6.45) is 13.9. The SMILES string of the molecule is CCCCCCCCCCCCCC(OCC)(Oc1ccccc1)C(=O)O. The minimum atomic E-state index is -1.59. The number of benzene rings is 1. The Balaban J connectivity index is 2.30. The largest absolute Gasteiger partial charge is 0.476 e. The lowest BCUT2D eigenvalue weighted by Crippen LogP contribution is -2.47. The van der Waals surface area contributed by atoms with E-state index in [1.54, 1.807) is 19.1 Å². The van der Waals surface area contributed by atoms with Crippen LogP contribution in [0.25, 0.3) is 0 Å². The number of hydrogen-bond donors (Lipinski definition) is 1. The molecule has 0 saturated carbocycles. The Morgan fingerprint density at radius 1 is 0.852 bits per heavy atom. The van der Waals surface area contributed by atoms with E-state index in [9.17, 15) is 9.90 Å². The molecule has 27 heavy (non-hydrogen) atoms. The van der Waals surface area contributed by atoms with Crippen molar-refractivity contribution in [2.45, 2.75) is 96.7 Å². The van der Waals surface area contributed by atoms with Gasteiger partial charge >= 0.3 is 11.8 Å². The van der Waals surface area contributed by atoms with E-state index >= 15 is 0 Å². The van der Waals surface area contributed by atoms with Crippen LogP contribution in [0.3, 0.4) is 0 Å². The van der Waals surface area contributed by atoms with E-state index in [-0.39, 0.29) is 0 Å². The zero-order valence-electron chi connectivity index (χ0n) is 17.3. The number of carbonyl (C=O) groups is 1. The maximum atomic E-state index is 11.9. The van der Waals surface area contributed by atoms with Crippen LogP contribution in [-0.4, -0.2) is 23.5 Å². The number of rotatable bonds is 17. The van der Waals surface area contributed by atoms with Crippen molar-refractivity contribution in [2.75, 3.05) is 6.61 Å². The minimum Gasteiger partial charge on any atom is -0.476 e. The predicted octanol–water partition coefficient (Wildman–Crippen LogP) is 6.58. The first-order chi connectivity index (χ1) is 13.1. The van der Waals surface area contributed by atoms with Crippen molar-refractivity contribution in [3.8, 4) is 5.75 Å². The molecule has 1 rings (SSSR count). The van der Waals surface area contributed by atoms with Gasteiger partial charge in [-0.1, -0.05) is 89.3 Å². The molecule has 4 heteroatoms. The van der Waals surface area contributed by atoms with Crippen molar-refractivity contribution in [1.29, 1.82) is 0 Å². The van der Waals surface area contributed by atoms with Crippen molar-refractivity contribution < 1.29 is 19.4 Å². The highest BCUT2D eigenvalue weighted by Gasteiger charge is 2.41. The van der Waals surface area contributed by atoms with E-state index in [1.165, 1.54) is 51.4 Å². The molecule has 0 fully saturated rings. The van der Waals surface area contributed by atoms with Gasteiger partial charge in [-0.3, -0.25) is 0 Å². The van der Waals surface area contributed by atoms with E-state index < -0.39 is 11.8 Å². The summed E-state index contributed by atoms with van der Waals surface area (Å²) in [6, 6.07) is 9.06. The molecule has 0 amide bonds. The molecular formula is C23H38O4. The molecule has 0 aromatic heterocycles. The molecule has 1 unspecified atom stereocenters. The summed E-state index contributed by atoms with van der Waals surface area (Å²) in [7, 11) is 0. The average molecular weight is 379 g/mol. The van der Waals surface area contributed by atoms with E-state index in [0.29, 0.717) is 18.8 Å². The highest BCUT2D eigenvalue weighted by molar-refractivity contribution is 5.76. The van der Waals surface area contributed by atoms with E-state index in [1.807, 2.05) is 18.2 Å². The molecule has 1 N–H and O–H groups in total. The van der Waals surface area contributed by atoms with Gasteiger partial charge in [0, 0.05) is 13.0 Å². The summed E-state index contributed by atoms with van der Waals surface area (Å²) in [5, 5.41) is 9.73. The van der Waals surface area contributed by atoms with E-state index in [4.69, 9.17) is 9.47 Å². The van der Waals surface area contributed by atoms with Gasteiger partial charge in [0.15, 0.2) is 0 Å². The molecule has 154 valence electrons. The molecule has 4 nitrogen and oxygen atoms in total. The van der Waals surface area contributed by atoms with Crippen molar-refractivity contribution >= 4 is 5.97 Å². The average Bonchev–Trinajstić information content (AvgIpc) is 2.66. The molecule has 1 aromatic carbocycles. The van der Waals surface area contributed by atoms with Gasteiger partial charge in [0.05, 0.1) is 0 Å².